The second kappa shape index (κ2) is 10.7. The maximum absolute atomic E-state index is 14.1. The van der Waals surface area contributed by atoms with Crippen LogP contribution < -0.4 is 9.64 Å². The lowest BCUT2D eigenvalue weighted by atomic mass is 9.98. The van der Waals surface area contributed by atoms with Gasteiger partial charge in [-0.2, -0.15) is 4.31 Å². The van der Waals surface area contributed by atoms with Crippen LogP contribution in [0.1, 0.15) is 24.0 Å². The van der Waals surface area contributed by atoms with Crippen LogP contribution >= 0.6 is 34.3 Å². The molecular formula is C26H26ClN3O4S3. The number of aromatic nitrogens is 1. The predicted molar refractivity (Wildman–Crippen MR) is 149 cm³/mol. The number of hydrogen-bond donors (Lipinski definition) is 0. The molecule has 2 aromatic carbocycles. The molecule has 0 bridgehead atoms. The number of ether oxygens (including phenoxy) is 1. The number of anilines is 1. The van der Waals surface area contributed by atoms with Crippen LogP contribution in [0, 0.1) is 12.8 Å². The molecule has 0 saturated carbocycles. The number of fused-ring (bicyclic) bond motifs is 1. The second-order valence-corrected chi connectivity index (χ2v) is 13.8. The molecule has 37 heavy (non-hydrogen) atoms. The Balaban J connectivity index is 1.49. The summed E-state index contributed by atoms with van der Waals surface area (Å²) in [6, 6.07) is 16.7. The first kappa shape index (κ1) is 26.1. The van der Waals surface area contributed by atoms with E-state index in [1.165, 1.54) is 21.7 Å². The number of carbonyl (C=O) groups is 1. The molecule has 4 aromatic rings. The Hall–Kier alpha value is -2.50. The van der Waals surface area contributed by atoms with Gasteiger partial charge in [-0.15, -0.1) is 11.3 Å². The van der Waals surface area contributed by atoms with E-state index in [9.17, 15) is 13.2 Å². The summed E-state index contributed by atoms with van der Waals surface area (Å²) >= 11 is 8.48. The summed E-state index contributed by atoms with van der Waals surface area (Å²) < 4.78 is 35.0. The van der Waals surface area contributed by atoms with Crippen LogP contribution in [0.2, 0.25) is 4.34 Å². The van der Waals surface area contributed by atoms with Crippen LogP contribution in [0.25, 0.3) is 10.2 Å². The number of thiazole rings is 1. The Labute approximate surface area is 229 Å². The first-order valence-corrected chi connectivity index (χ1v) is 15.3. The molecule has 5 rings (SSSR count). The van der Waals surface area contributed by atoms with E-state index in [0.717, 1.165) is 32.7 Å². The van der Waals surface area contributed by atoms with Crippen molar-refractivity contribution < 1.29 is 17.9 Å². The quantitative estimate of drug-likeness (QED) is 0.271. The van der Waals surface area contributed by atoms with Crippen molar-refractivity contribution in [2.45, 2.75) is 30.5 Å². The normalized spacial score (nSPS) is 16.7. The number of benzene rings is 2. The Morgan fingerprint density at radius 3 is 2.65 bits per heavy atom. The van der Waals surface area contributed by atoms with E-state index >= 15 is 0 Å². The van der Waals surface area contributed by atoms with Gasteiger partial charge in [-0.3, -0.25) is 9.69 Å². The summed E-state index contributed by atoms with van der Waals surface area (Å²) in [5, 5.41) is 0.571. The molecule has 1 fully saturated rings. The van der Waals surface area contributed by atoms with Crippen molar-refractivity contribution in [1.82, 2.24) is 9.29 Å². The Morgan fingerprint density at radius 1 is 1.16 bits per heavy atom. The molecular weight excluding hydrogens is 550 g/mol. The first-order chi connectivity index (χ1) is 17.8. The highest BCUT2D eigenvalue weighted by Gasteiger charge is 2.37. The highest BCUT2D eigenvalue weighted by atomic mass is 35.5. The predicted octanol–water partition coefficient (Wildman–Crippen LogP) is 5.96. The minimum atomic E-state index is -3.72. The third-order valence-corrected chi connectivity index (χ3v) is 11.2. The van der Waals surface area contributed by atoms with E-state index in [4.69, 9.17) is 21.3 Å². The third-order valence-electron chi connectivity index (χ3n) is 6.47. The molecule has 0 radical (unpaired) electrons. The van der Waals surface area contributed by atoms with Gasteiger partial charge in [0.15, 0.2) is 5.13 Å². The van der Waals surface area contributed by atoms with E-state index in [2.05, 4.69) is 0 Å². The van der Waals surface area contributed by atoms with Crippen molar-refractivity contribution in [3.63, 3.8) is 0 Å². The Morgan fingerprint density at radius 2 is 1.95 bits per heavy atom. The fraction of sp³-hybridized carbons (Fsp3) is 0.308. The lowest BCUT2D eigenvalue weighted by Crippen LogP contribution is -2.46. The molecule has 7 nitrogen and oxygen atoms in total. The van der Waals surface area contributed by atoms with Gasteiger partial charge in [0.2, 0.25) is 5.91 Å². The van der Waals surface area contributed by atoms with E-state index in [1.807, 2.05) is 49.4 Å². The molecule has 0 aliphatic carbocycles. The number of halogens is 1. The maximum Gasteiger partial charge on any atom is 0.252 e. The van der Waals surface area contributed by atoms with Crippen molar-refractivity contribution in [3.8, 4) is 5.75 Å². The van der Waals surface area contributed by atoms with Crippen molar-refractivity contribution in [3.05, 3.63) is 70.1 Å². The lowest BCUT2D eigenvalue weighted by Gasteiger charge is -2.33. The number of piperidine rings is 1. The van der Waals surface area contributed by atoms with Gasteiger partial charge in [-0.05, 0) is 49.1 Å². The summed E-state index contributed by atoms with van der Waals surface area (Å²) in [6.45, 7) is 2.84. The zero-order valence-corrected chi connectivity index (χ0v) is 23.6. The van der Waals surface area contributed by atoms with Gasteiger partial charge in [0.25, 0.3) is 10.0 Å². The average Bonchev–Trinajstić information content (AvgIpc) is 3.56. The monoisotopic (exact) mass is 575 g/mol. The van der Waals surface area contributed by atoms with Gasteiger partial charge >= 0.3 is 0 Å². The largest absolute Gasteiger partial charge is 0.494 e. The van der Waals surface area contributed by atoms with E-state index in [0.29, 0.717) is 41.1 Å². The van der Waals surface area contributed by atoms with E-state index in [1.54, 1.807) is 18.1 Å². The van der Waals surface area contributed by atoms with Crippen LogP contribution in [-0.4, -0.2) is 43.8 Å². The molecule has 1 atom stereocenters. The fourth-order valence-electron chi connectivity index (χ4n) is 4.53. The summed E-state index contributed by atoms with van der Waals surface area (Å²) in [6.07, 6.45) is 1.20. The molecule has 1 aliphatic rings. The van der Waals surface area contributed by atoms with Crippen LogP contribution in [-0.2, 0) is 21.4 Å². The highest BCUT2D eigenvalue weighted by Crippen LogP contribution is 2.38. The molecule has 2 aromatic heterocycles. The van der Waals surface area contributed by atoms with Gasteiger partial charge < -0.3 is 4.74 Å². The van der Waals surface area contributed by atoms with E-state index < -0.39 is 15.9 Å². The number of methoxy groups -OCH3 is 1. The number of carbonyl (C=O) groups excluding carboxylic acids is 1. The van der Waals surface area contributed by atoms with Crippen LogP contribution in [0.5, 0.6) is 5.75 Å². The molecule has 3 heterocycles. The van der Waals surface area contributed by atoms with Crippen molar-refractivity contribution in [2.75, 3.05) is 25.1 Å². The standard InChI is InChI=1S/C26H26ClN3O4S3/c1-17-10-11-20(34-2)23-24(17)36-26(28-23)30(15-18-7-4-3-5-8-18)25(31)19-9-6-14-29(16-19)37(32,33)22-13-12-21(27)35-22/h3-5,7-8,10-13,19H,6,9,14-16H2,1-2H3. The molecule has 1 amide bonds. The van der Waals surface area contributed by atoms with Crippen LogP contribution in [0.3, 0.4) is 0 Å². The van der Waals surface area contributed by atoms with Gasteiger partial charge in [0.05, 0.1) is 28.6 Å². The minimum absolute atomic E-state index is 0.120. The van der Waals surface area contributed by atoms with Crippen LogP contribution in [0.15, 0.2) is 58.8 Å². The van der Waals surface area contributed by atoms with Gasteiger partial charge in [-0.1, -0.05) is 59.3 Å². The van der Waals surface area contributed by atoms with Gasteiger partial charge in [0.1, 0.15) is 15.5 Å². The summed E-state index contributed by atoms with van der Waals surface area (Å²) in [5.74, 6) is 0.0288. The number of amides is 1. The molecule has 1 saturated heterocycles. The number of rotatable bonds is 7. The summed E-state index contributed by atoms with van der Waals surface area (Å²) in [4.78, 5) is 20.6. The fourth-order valence-corrected chi connectivity index (χ4v) is 8.75. The van der Waals surface area contributed by atoms with Crippen molar-refractivity contribution in [1.29, 1.82) is 0 Å². The molecule has 11 heteroatoms. The number of nitrogens with zero attached hydrogens (tertiary/aromatic N) is 3. The summed E-state index contributed by atoms with van der Waals surface area (Å²) in [7, 11) is -2.12. The molecule has 1 unspecified atom stereocenters. The smallest absolute Gasteiger partial charge is 0.252 e. The number of thiophene rings is 1. The van der Waals surface area contributed by atoms with E-state index in [-0.39, 0.29) is 16.7 Å². The van der Waals surface area contributed by atoms with Gasteiger partial charge in [0, 0.05) is 13.1 Å². The van der Waals surface area contributed by atoms with Crippen LogP contribution in [0.4, 0.5) is 5.13 Å². The SMILES string of the molecule is COc1ccc(C)c2sc(N(Cc3ccccc3)C(=O)C3CCCN(S(=O)(=O)c4ccc(Cl)s4)C3)nc12. The zero-order chi connectivity index (χ0) is 26.2. The second-order valence-electron chi connectivity index (χ2n) is 8.93. The molecule has 0 spiro atoms. The number of sulfonamides is 1. The Bertz CT molecular complexity index is 1540. The lowest BCUT2D eigenvalue weighted by molar-refractivity contribution is -0.123. The third kappa shape index (κ3) is 5.26. The average molecular weight is 576 g/mol. The zero-order valence-electron chi connectivity index (χ0n) is 20.4. The Kier molecular flexibility index (Phi) is 7.56. The highest BCUT2D eigenvalue weighted by molar-refractivity contribution is 7.91. The van der Waals surface area contributed by atoms with Crippen molar-refractivity contribution >= 4 is 65.6 Å². The topological polar surface area (TPSA) is 79.8 Å². The first-order valence-electron chi connectivity index (χ1n) is 11.8. The minimum Gasteiger partial charge on any atom is -0.494 e. The van der Waals surface area contributed by atoms with Gasteiger partial charge in [-0.25, -0.2) is 13.4 Å². The number of aryl methyl sites for hydroxylation is 1. The molecule has 194 valence electrons. The molecule has 0 N–H and O–H groups in total. The maximum atomic E-state index is 14.1. The van der Waals surface area contributed by atoms with Crippen molar-refractivity contribution in [2.24, 2.45) is 5.92 Å². The molecule has 1 aliphatic heterocycles. The number of hydrogen-bond acceptors (Lipinski definition) is 7. The summed E-state index contributed by atoms with van der Waals surface area (Å²) in [5.41, 5.74) is 2.74.